The molecule has 6 rings (SSSR count). The minimum atomic E-state index is -0.432. The van der Waals surface area contributed by atoms with E-state index in [1.807, 2.05) is 60.7 Å². The van der Waals surface area contributed by atoms with Gasteiger partial charge in [-0.1, -0.05) is 66.5 Å². The van der Waals surface area contributed by atoms with E-state index in [0.29, 0.717) is 47.3 Å². The van der Waals surface area contributed by atoms with Gasteiger partial charge >= 0.3 is 5.97 Å². The number of hydrogen-bond acceptors (Lipinski definition) is 4. The topological polar surface area (TPSA) is 44.8 Å². The molecule has 1 fully saturated rings. The Bertz CT molecular complexity index is 1340. The largest absolute Gasteiger partial charge is 0.482 e. The maximum absolute atomic E-state index is 12.9. The van der Waals surface area contributed by atoms with Crippen LogP contribution >= 0.6 is 23.2 Å². The van der Waals surface area contributed by atoms with Gasteiger partial charge < -0.3 is 14.2 Å². The zero-order valence-electron chi connectivity index (χ0n) is 23.0. The summed E-state index contributed by atoms with van der Waals surface area (Å²) in [5.41, 5.74) is 1.75. The van der Waals surface area contributed by atoms with E-state index >= 15 is 0 Å². The second-order valence-electron chi connectivity index (χ2n) is 11.6. The quantitative estimate of drug-likeness (QED) is 0.195. The van der Waals surface area contributed by atoms with Crippen LogP contribution in [0.5, 0.6) is 11.5 Å². The second-order valence-corrected chi connectivity index (χ2v) is 12.5. The molecule has 0 heterocycles. The Morgan fingerprint density at radius 2 is 1.37 bits per heavy atom. The zero-order valence-corrected chi connectivity index (χ0v) is 24.6. The Balaban J connectivity index is 1.16. The Labute approximate surface area is 252 Å². The number of hydrogen-bond donors (Lipinski definition) is 0. The lowest BCUT2D eigenvalue weighted by molar-refractivity contribution is -0.145. The van der Waals surface area contributed by atoms with Gasteiger partial charge in [0.15, 0.2) is 0 Å². The standard InChI is InChI=1S/C35H34Cl2O4/c1-35(17-16-34(38)39-22-25-19-23-2-3-24(25)18-23,26-4-10-30(11-5-26)40-32-14-8-28(36)20-32)27-6-12-31(13-7-27)41-33-15-9-29(37)21-33/h2-15,20-21,23-25,32-33H,16-19,22H2,1H3. The van der Waals surface area contributed by atoms with E-state index in [9.17, 15) is 4.79 Å². The van der Waals surface area contributed by atoms with E-state index in [1.54, 1.807) is 0 Å². The van der Waals surface area contributed by atoms with Gasteiger partial charge in [-0.25, -0.2) is 0 Å². The van der Waals surface area contributed by atoms with Crippen LogP contribution in [0.4, 0.5) is 0 Å². The third kappa shape index (κ3) is 6.50. The smallest absolute Gasteiger partial charge is 0.305 e. The summed E-state index contributed by atoms with van der Waals surface area (Å²) in [6.45, 7) is 2.69. The third-order valence-corrected chi connectivity index (χ3v) is 9.27. The molecule has 4 nitrogen and oxygen atoms in total. The van der Waals surface area contributed by atoms with Gasteiger partial charge in [-0.3, -0.25) is 4.79 Å². The van der Waals surface area contributed by atoms with Crippen molar-refractivity contribution in [1.29, 1.82) is 0 Å². The number of fused-ring (bicyclic) bond motifs is 2. The van der Waals surface area contributed by atoms with Crippen molar-refractivity contribution < 1.29 is 19.0 Å². The molecule has 2 aromatic rings. The van der Waals surface area contributed by atoms with E-state index in [1.165, 1.54) is 6.42 Å². The van der Waals surface area contributed by atoms with E-state index in [-0.39, 0.29) is 18.2 Å². The summed E-state index contributed by atoms with van der Waals surface area (Å²) in [6, 6.07) is 16.2. The molecule has 0 spiro atoms. The molecule has 212 valence electrons. The molecule has 0 aromatic heterocycles. The molecule has 0 radical (unpaired) electrons. The fourth-order valence-electron chi connectivity index (χ4n) is 6.34. The molecule has 0 aliphatic heterocycles. The molecular formula is C35H34Cl2O4. The van der Waals surface area contributed by atoms with E-state index in [2.05, 4.69) is 43.3 Å². The molecule has 5 atom stereocenters. The van der Waals surface area contributed by atoms with Crippen molar-refractivity contribution in [3.8, 4) is 11.5 Å². The highest BCUT2D eigenvalue weighted by Gasteiger charge is 2.36. The van der Waals surface area contributed by atoms with Crippen LogP contribution in [-0.2, 0) is 14.9 Å². The van der Waals surface area contributed by atoms with Crippen LogP contribution in [0.3, 0.4) is 0 Å². The Hall–Kier alpha value is -3.21. The Morgan fingerprint density at radius 3 is 1.80 bits per heavy atom. The van der Waals surface area contributed by atoms with Crippen LogP contribution in [0.2, 0.25) is 0 Å². The highest BCUT2D eigenvalue weighted by Crippen LogP contribution is 2.44. The average Bonchev–Trinajstić information content (AvgIpc) is 3.78. The minimum Gasteiger partial charge on any atom is -0.482 e. The van der Waals surface area contributed by atoms with Crippen molar-refractivity contribution in [2.24, 2.45) is 17.8 Å². The van der Waals surface area contributed by atoms with E-state index in [0.717, 1.165) is 29.0 Å². The molecule has 4 aliphatic rings. The van der Waals surface area contributed by atoms with Crippen LogP contribution in [0.15, 0.2) is 107 Å². The van der Waals surface area contributed by atoms with Gasteiger partial charge in [0.1, 0.15) is 23.7 Å². The monoisotopic (exact) mass is 588 g/mol. The number of ether oxygens (including phenoxy) is 3. The van der Waals surface area contributed by atoms with Gasteiger partial charge in [0.2, 0.25) is 0 Å². The zero-order chi connectivity index (χ0) is 28.4. The fraction of sp³-hybridized carbons (Fsp3) is 0.343. The lowest BCUT2D eigenvalue weighted by Gasteiger charge is -2.31. The van der Waals surface area contributed by atoms with Crippen molar-refractivity contribution in [1.82, 2.24) is 0 Å². The molecule has 5 unspecified atom stereocenters. The first-order valence-corrected chi connectivity index (χ1v) is 15.1. The van der Waals surface area contributed by atoms with E-state index in [4.69, 9.17) is 37.4 Å². The van der Waals surface area contributed by atoms with Crippen molar-refractivity contribution in [2.75, 3.05) is 6.61 Å². The Morgan fingerprint density at radius 1 is 0.805 bits per heavy atom. The van der Waals surface area contributed by atoms with Crippen LogP contribution < -0.4 is 9.47 Å². The minimum absolute atomic E-state index is 0.142. The van der Waals surface area contributed by atoms with Crippen molar-refractivity contribution in [3.05, 3.63) is 118 Å². The van der Waals surface area contributed by atoms with Gasteiger partial charge in [-0.2, -0.15) is 0 Å². The summed E-state index contributed by atoms with van der Waals surface area (Å²) in [7, 11) is 0. The first-order chi connectivity index (χ1) is 19.8. The number of carbonyl (C=O) groups excluding carboxylic acids is 1. The normalized spacial score (nSPS) is 27.0. The lowest BCUT2D eigenvalue weighted by atomic mass is 9.73. The van der Waals surface area contributed by atoms with Gasteiger partial charge in [0, 0.05) is 21.9 Å². The number of halogens is 2. The fourth-order valence-corrected chi connectivity index (χ4v) is 6.73. The summed E-state index contributed by atoms with van der Waals surface area (Å²) in [6.07, 6.45) is 18.8. The molecule has 41 heavy (non-hydrogen) atoms. The first kappa shape index (κ1) is 27.9. The Kier molecular flexibility index (Phi) is 8.14. The first-order valence-electron chi connectivity index (χ1n) is 14.3. The van der Waals surface area contributed by atoms with Crippen LogP contribution in [0, 0.1) is 17.8 Å². The summed E-state index contributed by atoms with van der Waals surface area (Å²) >= 11 is 12.1. The summed E-state index contributed by atoms with van der Waals surface area (Å²) < 4.78 is 17.9. The molecule has 2 bridgehead atoms. The van der Waals surface area contributed by atoms with E-state index < -0.39 is 5.41 Å². The molecule has 4 aliphatic carbocycles. The summed E-state index contributed by atoms with van der Waals surface area (Å²) in [5.74, 6) is 3.06. The number of benzene rings is 2. The van der Waals surface area contributed by atoms with Crippen molar-refractivity contribution in [3.63, 3.8) is 0 Å². The van der Waals surface area contributed by atoms with Crippen LogP contribution in [-0.4, -0.2) is 24.8 Å². The SMILES string of the molecule is CC(CCC(=O)OCC1CC2C=CC1C2)(c1ccc(OC2C=CC(Cl)=C2)cc1)c1ccc(OC2C=CC(Cl)=C2)cc1. The molecule has 2 aromatic carbocycles. The van der Waals surface area contributed by atoms with Crippen molar-refractivity contribution in [2.45, 2.75) is 50.2 Å². The van der Waals surface area contributed by atoms with Crippen molar-refractivity contribution >= 4 is 29.2 Å². The molecule has 0 N–H and O–H groups in total. The van der Waals surface area contributed by atoms with Crippen LogP contribution in [0.1, 0.15) is 43.7 Å². The summed E-state index contributed by atoms with van der Waals surface area (Å²) in [5, 5.41) is 1.36. The lowest BCUT2D eigenvalue weighted by Crippen LogP contribution is -2.26. The number of allylic oxidation sites excluding steroid dienone is 6. The second kappa shape index (κ2) is 12.0. The molecule has 6 heteroatoms. The number of carbonyl (C=O) groups is 1. The van der Waals surface area contributed by atoms with Gasteiger partial charge in [-0.05, 0) is 109 Å². The summed E-state index contributed by atoms with van der Waals surface area (Å²) in [4.78, 5) is 12.9. The van der Waals surface area contributed by atoms with Crippen LogP contribution in [0.25, 0.3) is 0 Å². The highest BCUT2D eigenvalue weighted by atomic mass is 35.5. The maximum Gasteiger partial charge on any atom is 0.305 e. The average molecular weight is 590 g/mol. The molecule has 0 saturated heterocycles. The molecular weight excluding hydrogens is 555 g/mol. The predicted octanol–water partition coefficient (Wildman–Crippen LogP) is 8.41. The maximum atomic E-state index is 12.9. The van der Waals surface area contributed by atoms with Gasteiger partial charge in [-0.15, -0.1) is 0 Å². The highest BCUT2D eigenvalue weighted by molar-refractivity contribution is 6.31. The molecule has 0 amide bonds. The predicted molar refractivity (Wildman–Crippen MR) is 163 cm³/mol. The molecule has 1 saturated carbocycles. The van der Waals surface area contributed by atoms with Gasteiger partial charge in [0.05, 0.1) is 6.61 Å². The number of esters is 1. The van der Waals surface area contributed by atoms with Gasteiger partial charge in [0.25, 0.3) is 0 Å². The third-order valence-electron chi connectivity index (χ3n) is 8.77. The number of rotatable bonds is 11.